The lowest BCUT2D eigenvalue weighted by Gasteiger charge is -2.11. The van der Waals surface area contributed by atoms with Gasteiger partial charge in [-0.2, -0.15) is 0 Å². The molecule has 13 heavy (non-hydrogen) atoms. The lowest BCUT2D eigenvalue weighted by molar-refractivity contribution is 0.371. The van der Waals surface area contributed by atoms with Gasteiger partial charge in [-0.1, -0.05) is 0 Å². The van der Waals surface area contributed by atoms with Gasteiger partial charge in [0.2, 0.25) is 0 Å². The summed E-state index contributed by atoms with van der Waals surface area (Å²) < 4.78 is 5.60. The van der Waals surface area contributed by atoms with Crippen LogP contribution in [0.4, 0.5) is 0 Å². The molecule has 0 aliphatic carbocycles. The summed E-state index contributed by atoms with van der Waals surface area (Å²) in [6.07, 6.45) is 0. The second-order valence-corrected chi connectivity index (χ2v) is 3.53. The number of ether oxygens (including phenoxy) is 1. The number of rotatable bonds is 2. The Hall–Kier alpha value is -0.740. The van der Waals surface area contributed by atoms with E-state index >= 15 is 0 Å². The van der Waals surface area contributed by atoms with E-state index in [9.17, 15) is 5.11 Å². The molecule has 0 aliphatic heterocycles. The summed E-state index contributed by atoms with van der Waals surface area (Å²) >= 11 is 3.27. The van der Waals surface area contributed by atoms with Crippen molar-refractivity contribution in [1.29, 1.82) is 0 Å². The highest BCUT2D eigenvalue weighted by Crippen LogP contribution is 2.38. The number of aromatic hydroxyl groups is 1. The quantitative estimate of drug-likeness (QED) is 0.838. The molecule has 0 heterocycles. The number of aryl methyl sites for hydroxylation is 1. The Balaban J connectivity index is 3.37. The van der Waals surface area contributed by atoms with Gasteiger partial charge >= 0.3 is 0 Å². The zero-order valence-electron chi connectivity index (χ0n) is 7.60. The third-order valence-electron chi connectivity index (χ3n) is 1.95. The van der Waals surface area contributed by atoms with E-state index in [-0.39, 0.29) is 5.75 Å². The summed E-state index contributed by atoms with van der Waals surface area (Å²) in [5.41, 5.74) is 7.43. The molecule has 0 amide bonds. The second kappa shape index (κ2) is 3.98. The van der Waals surface area contributed by atoms with Crippen molar-refractivity contribution in [3.8, 4) is 11.5 Å². The Bertz CT molecular complexity index is 326. The number of hydrogen-bond donors (Lipinski definition) is 2. The fourth-order valence-corrected chi connectivity index (χ4v) is 1.85. The molecule has 0 saturated heterocycles. The van der Waals surface area contributed by atoms with Gasteiger partial charge in [-0.25, -0.2) is 0 Å². The van der Waals surface area contributed by atoms with Crippen molar-refractivity contribution in [2.45, 2.75) is 13.5 Å². The number of phenolic OH excluding ortho intramolecular Hbond substituents is 1. The molecule has 0 fully saturated rings. The van der Waals surface area contributed by atoms with Gasteiger partial charge in [0.1, 0.15) is 0 Å². The highest BCUT2D eigenvalue weighted by Gasteiger charge is 2.12. The van der Waals surface area contributed by atoms with Crippen molar-refractivity contribution in [2.75, 3.05) is 7.11 Å². The summed E-state index contributed by atoms with van der Waals surface area (Å²) in [7, 11) is 1.52. The van der Waals surface area contributed by atoms with Gasteiger partial charge in [0.05, 0.1) is 11.6 Å². The topological polar surface area (TPSA) is 55.5 Å². The minimum Gasteiger partial charge on any atom is -0.503 e. The van der Waals surface area contributed by atoms with E-state index in [1.807, 2.05) is 6.92 Å². The number of benzene rings is 1. The van der Waals surface area contributed by atoms with E-state index in [0.717, 1.165) is 11.1 Å². The van der Waals surface area contributed by atoms with E-state index in [0.29, 0.717) is 16.8 Å². The third kappa shape index (κ3) is 1.78. The molecule has 0 radical (unpaired) electrons. The number of hydrogen-bond acceptors (Lipinski definition) is 3. The van der Waals surface area contributed by atoms with Crippen LogP contribution in [-0.2, 0) is 6.54 Å². The predicted molar refractivity (Wildman–Crippen MR) is 55.0 cm³/mol. The van der Waals surface area contributed by atoms with Crippen molar-refractivity contribution >= 4 is 15.9 Å². The second-order valence-electron chi connectivity index (χ2n) is 2.74. The fourth-order valence-electron chi connectivity index (χ4n) is 1.18. The Morgan fingerprint density at radius 1 is 1.62 bits per heavy atom. The smallest absolute Gasteiger partial charge is 0.172 e. The number of halogens is 1. The fraction of sp³-hybridized carbons (Fsp3) is 0.333. The molecular formula is C9H12BrNO2. The standard InChI is InChI=1S/C9H12BrNO2/c1-5-3-7(13-2)9(12)8(10)6(5)4-11/h3,12H,4,11H2,1-2H3. The van der Waals surface area contributed by atoms with Crippen LogP contribution < -0.4 is 10.5 Å². The van der Waals surface area contributed by atoms with Crippen molar-refractivity contribution in [1.82, 2.24) is 0 Å². The Morgan fingerprint density at radius 2 is 2.23 bits per heavy atom. The van der Waals surface area contributed by atoms with Crippen LogP contribution in [0.25, 0.3) is 0 Å². The minimum atomic E-state index is 0.105. The molecule has 0 aromatic heterocycles. The summed E-state index contributed by atoms with van der Waals surface area (Å²) in [5.74, 6) is 0.565. The minimum absolute atomic E-state index is 0.105. The summed E-state index contributed by atoms with van der Waals surface area (Å²) in [4.78, 5) is 0. The molecule has 1 rings (SSSR count). The molecule has 1 aromatic rings. The van der Waals surface area contributed by atoms with Crippen LogP contribution in [0.15, 0.2) is 10.5 Å². The van der Waals surface area contributed by atoms with E-state index < -0.39 is 0 Å². The highest BCUT2D eigenvalue weighted by molar-refractivity contribution is 9.10. The zero-order chi connectivity index (χ0) is 10.0. The zero-order valence-corrected chi connectivity index (χ0v) is 9.18. The van der Waals surface area contributed by atoms with Gasteiger partial charge in [0.15, 0.2) is 11.5 Å². The van der Waals surface area contributed by atoms with Gasteiger partial charge < -0.3 is 15.6 Å². The normalized spacial score (nSPS) is 10.2. The van der Waals surface area contributed by atoms with E-state index in [4.69, 9.17) is 10.5 Å². The molecule has 0 unspecified atom stereocenters. The number of methoxy groups -OCH3 is 1. The molecule has 3 nitrogen and oxygen atoms in total. The Morgan fingerprint density at radius 3 is 2.69 bits per heavy atom. The molecule has 0 aliphatic rings. The van der Waals surface area contributed by atoms with E-state index in [1.54, 1.807) is 6.07 Å². The van der Waals surface area contributed by atoms with Crippen molar-refractivity contribution in [2.24, 2.45) is 5.73 Å². The maximum Gasteiger partial charge on any atom is 0.172 e. The van der Waals surface area contributed by atoms with Crippen molar-refractivity contribution < 1.29 is 9.84 Å². The first-order valence-electron chi connectivity index (χ1n) is 3.86. The van der Waals surface area contributed by atoms with Crippen LogP contribution in [0.5, 0.6) is 11.5 Å². The predicted octanol–water partition coefficient (Wildman–Crippen LogP) is 1.93. The molecule has 0 saturated carbocycles. The summed E-state index contributed by atoms with van der Waals surface area (Å²) in [5, 5.41) is 9.61. The Kier molecular flexibility index (Phi) is 3.17. The first kappa shape index (κ1) is 10.3. The molecule has 0 spiro atoms. The van der Waals surface area contributed by atoms with Gasteiger partial charge in [-0.05, 0) is 40.0 Å². The molecule has 0 atom stereocenters. The van der Waals surface area contributed by atoms with Crippen molar-refractivity contribution in [3.63, 3.8) is 0 Å². The van der Waals surface area contributed by atoms with Crippen molar-refractivity contribution in [3.05, 3.63) is 21.7 Å². The molecule has 72 valence electrons. The molecule has 4 heteroatoms. The van der Waals surface area contributed by atoms with Crippen LogP contribution in [0.2, 0.25) is 0 Å². The number of phenols is 1. The molecular weight excluding hydrogens is 234 g/mol. The maximum atomic E-state index is 9.61. The van der Waals surface area contributed by atoms with Crippen LogP contribution in [0.1, 0.15) is 11.1 Å². The first-order valence-corrected chi connectivity index (χ1v) is 4.66. The average Bonchev–Trinajstić information content (AvgIpc) is 2.12. The van der Waals surface area contributed by atoms with Gasteiger partial charge in [-0.15, -0.1) is 0 Å². The van der Waals surface area contributed by atoms with Crippen LogP contribution >= 0.6 is 15.9 Å². The highest BCUT2D eigenvalue weighted by atomic mass is 79.9. The maximum absolute atomic E-state index is 9.61. The largest absolute Gasteiger partial charge is 0.503 e. The summed E-state index contributed by atoms with van der Waals surface area (Å²) in [6, 6.07) is 1.77. The van der Waals surface area contributed by atoms with Crippen LogP contribution in [0, 0.1) is 6.92 Å². The van der Waals surface area contributed by atoms with Crippen LogP contribution in [0.3, 0.4) is 0 Å². The number of nitrogens with two attached hydrogens (primary N) is 1. The van der Waals surface area contributed by atoms with Gasteiger partial charge in [-0.3, -0.25) is 0 Å². The Labute approximate surface area is 85.6 Å². The SMILES string of the molecule is COc1cc(C)c(CN)c(Br)c1O. The molecule has 3 N–H and O–H groups in total. The van der Waals surface area contributed by atoms with Gasteiger partial charge in [0.25, 0.3) is 0 Å². The van der Waals surface area contributed by atoms with E-state index in [1.165, 1.54) is 7.11 Å². The first-order chi connectivity index (χ1) is 6.11. The van der Waals surface area contributed by atoms with Crippen LogP contribution in [-0.4, -0.2) is 12.2 Å². The van der Waals surface area contributed by atoms with Gasteiger partial charge in [0, 0.05) is 6.54 Å². The summed E-state index contributed by atoms with van der Waals surface area (Å²) in [6.45, 7) is 2.32. The molecule has 1 aromatic carbocycles. The molecule has 0 bridgehead atoms. The average molecular weight is 246 g/mol. The van der Waals surface area contributed by atoms with E-state index in [2.05, 4.69) is 15.9 Å². The lowest BCUT2D eigenvalue weighted by atomic mass is 10.1. The lowest BCUT2D eigenvalue weighted by Crippen LogP contribution is -2.01. The third-order valence-corrected chi connectivity index (χ3v) is 2.81. The monoisotopic (exact) mass is 245 g/mol.